The third-order valence-electron chi connectivity index (χ3n) is 3.96. The van der Waals surface area contributed by atoms with Gasteiger partial charge in [0.05, 0.1) is 0 Å². The second-order valence-corrected chi connectivity index (χ2v) is 5.87. The summed E-state index contributed by atoms with van der Waals surface area (Å²) in [5, 5.41) is 0.832. The Hall–Kier alpha value is -1.06. The molecular formula is C15H19ClN2O. The molecule has 0 radical (unpaired) electrons. The molecule has 3 nitrogen and oxygen atoms in total. The van der Waals surface area contributed by atoms with Gasteiger partial charge in [0, 0.05) is 43.7 Å². The van der Waals surface area contributed by atoms with E-state index < -0.39 is 0 Å². The summed E-state index contributed by atoms with van der Waals surface area (Å²) in [6, 6.07) is 7.99. The van der Waals surface area contributed by atoms with Crippen LogP contribution in [0.25, 0.3) is 0 Å². The first-order chi connectivity index (χ1) is 9.24. The molecule has 3 rings (SSSR count). The van der Waals surface area contributed by atoms with Crippen LogP contribution in [0.3, 0.4) is 0 Å². The molecule has 0 spiro atoms. The van der Waals surface area contributed by atoms with Crippen LogP contribution < -0.4 is 0 Å². The third kappa shape index (κ3) is 3.10. The standard InChI is InChI=1S/C15H19ClN2O/c16-14-4-2-1-3-13(14)11-17-7-9-18(10-8-17)15(19)12-5-6-12/h1-4,12H,5-11H2. The lowest BCUT2D eigenvalue weighted by Gasteiger charge is -2.35. The van der Waals surface area contributed by atoms with E-state index in [-0.39, 0.29) is 0 Å². The number of hydrogen-bond acceptors (Lipinski definition) is 2. The van der Waals surface area contributed by atoms with E-state index in [1.54, 1.807) is 0 Å². The number of nitrogens with zero attached hydrogens (tertiary/aromatic N) is 2. The zero-order valence-corrected chi connectivity index (χ0v) is 11.8. The lowest BCUT2D eigenvalue weighted by molar-refractivity contribution is -0.134. The lowest BCUT2D eigenvalue weighted by atomic mass is 10.2. The molecule has 2 aliphatic rings. The minimum absolute atomic E-state index is 0.343. The summed E-state index contributed by atoms with van der Waals surface area (Å²) in [5.74, 6) is 0.715. The topological polar surface area (TPSA) is 23.6 Å². The number of halogens is 1. The number of hydrogen-bond donors (Lipinski definition) is 0. The van der Waals surface area contributed by atoms with Crippen LogP contribution in [0.1, 0.15) is 18.4 Å². The van der Waals surface area contributed by atoms with Gasteiger partial charge >= 0.3 is 0 Å². The molecule has 1 aliphatic carbocycles. The minimum Gasteiger partial charge on any atom is -0.340 e. The molecule has 1 aliphatic heterocycles. The van der Waals surface area contributed by atoms with Crippen LogP contribution in [0, 0.1) is 5.92 Å². The zero-order valence-electron chi connectivity index (χ0n) is 11.0. The van der Waals surface area contributed by atoms with Crippen molar-refractivity contribution in [3.05, 3.63) is 34.9 Å². The van der Waals surface area contributed by atoms with E-state index in [0.717, 1.165) is 50.6 Å². The predicted molar refractivity (Wildman–Crippen MR) is 76.0 cm³/mol. The monoisotopic (exact) mass is 278 g/mol. The maximum atomic E-state index is 12.0. The fourth-order valence-electron chi connectivity index (χ4n) is 2.58. The van der Waals surface area contributed by atoms with Gasteiger partial charge in [0.25, 0.3) is 0 Å². The van der Waals surface area contributed by atoms with Gasteiger partial charge in [-0.25, -0.2) is 0 Å². The highest BCUT2D eigenvalue weighted by Crippen LogP contribution is 2.31. The Labute approximate surface area is 119 Å². The van der Waals surface area contributed by atoms with Crippen LogP contribution in [0.4, 0.5) is 0 Å². The van der Waals surface area contributed by atoms with E-state index in [2.05, 4.69) is 11.0 Å². The molecule has 0 unspecified atom stereocenters. The van der Waals surface area contributed by atoms with Crippen molar-refractivity contribution in [3.8, 4) is 0 Å². The van der Waals surface area contributed by atoms with Crippen molar-refractivity contribution >= 4 is 17.5 Å². The SMILES string of the molecule is O=C(C1CC1)N1CCN(Cc2ccccc2Cl)CC1. The number of piperazine rings is 1. The van der Waals surface area contributed by atoms with Gasteiger partial charge in [-0.2, -0.15) is 0 Å². The molecule has 1 saturated heterocycles. The highest BCUT2D eigenvalue weighted by atomic mass is 35.5. The average molecular weight is 279 g/mol. The summed E-state index contributed by atoms with van der Waals surface area (Å²) in [6.45, 7) is 4.50. The molecule has 1 aromatic carbocycles. The van der Waals surface area contributed by atoms with E-state index in [0.29, 0.717) is 11.8 Å². The van der Waals surface area contributed by atoms with Gasteiger partial charge in [-0.15, -0.1) is 0 Å². The summed E-state index contributed by atoms with van der Waals surface area (Å²) in [7, 11) is 0. The van der Waals surface area contributed by atoms with Crippen molar-refractivity contribution in [2.45, 2.75) is 19.4 Å². The molecule has 0 aromatic heterocycles. The van der Waals surface area contributed by atoms with Gasteiger partial charge in [0.1, 0.15) is 0 Å². The molecule has 0 atom stereocenters. The van der Waals surface area contributed by atoms with E-state index >= 15 is 0 Å². The summed E-state index contributed by atoms with van der Waals surface area (Å²) in [4.78, 5) is 16.4. The van der Waals surface area contributed by atoms with Crippen molar-refractivity contribution in [1.82, 2.24) is 9.80 Å². The van der Waals surface area contributed by atoms with E-state index in [1.807, 2.05) is 23.1 Å². The van der Waals surface area contributed by atoms with Gasteiger partial charge in [-0.1, -0.05) is 29.8 Å². The molecule has 1 saturated carbocycles. The normalized spacial score (nSPS) is 20.6. The van der Waals surface area contributed by atoms with Crippen molar-refractivity contribution in [2.75, 3.05) is 26.2 Å². The largest absolute Gasteiger partial charge is 0.340 e. The molecule has 2 fully saturated rings. The summed E-state index contributed by atoms with van der Waals surface area (Å²) < 4.78 is 0. The molecule has 102 valence electrons. The average Bonchev–Trinajstić information content (AvgIpc) is 3.26. The van der Waals surface area contributed by atoms with Crippen molar-refractivity contribution in [2.24, 2.45) is 5.92 Å². The number of rotatable bonds is 3. The Morgan fingerprint density at radius 3 is 2.47 bits per heavy atom. The Bertz CT molecular complexity index is 465. The van der Waals surface area contributed by atoms with Crippen LogP contribution in [-0.4, -0.2) is 41.9 Å². The Kier molecular flexibility index (Phi) is 3.76. The zero-order chi connectivity index (χ0) is 13.2. The fourth-order valence-corrected chi connectivity index (χ4v) is 2.78. The van der Waals surface area contributed by atoms with Crippen LogP contribution in [-0.2, 0) is 11.3 Å². The van der Waals surface area contributed by atoms with Crippen molar-refractivity contribution in [3.63, 3.8) is 0 Å². The van der Waals surface area contributed by atoms with Gasteiger partial charge in [0.15, 0.2) is 0 Å². The van der Waals surface area contributed by atoms with Gasteiger partial charge in [-0.3, -0.25) is 9.69 Å². The lowest BCUT2D eigenvalue weighted by Crippen LogP contribution is -2.48. The van der Waals surface area contributed by atoms with Gasteiger partial charge < -0.3 is 4.90 Å². The molecule has 4 heteroatoms. The van der Waals surface area contributed by atoms with Gasteiger partial charge in [0.2, 0.25) is 5.91 Å². The highest BCUT2D eigenvalue weighted by molar-refractivity contribution is 6.31. The van der Waals surface area contributed by atoms with Crippen molar-refractivity contribution in [1.29, 1.82) is 0 Å². The van der Waals surface area contributed by atoms with Crippen LogP contribution in [0.15, 0.2) is 24.3 Å². The third-order valence-corrected chi connectivity index (χ3v) is 4.33. The highest BCUT2D eigenvalue weighted by Gasteiger charge is 2.34. The van der Waals surface area contributed by atoms with Crippen LogP contribution >= 0.6 is 11.6 Å². The molecule has 1 amide bonds. The van der Waals surface area contributed by atoms with Crippen LogP contribution in [0.2, 0.25) is 5.02 Å². The molecule has 19 heavy (non-hydrogen) atoms. The first-order valence-corrected chi connectivity index (χ1v) is 7.36. The van der Waals surface area contributed by atoms with E-state index in [9.17, 15) is 4.79 Å². The van der Waals surface area contributed by atoms with E-state index in [1.165, 1.54) is 5.56 Å². The summed E-state index contributed by atoms with van der Waals surface area (Å²) in [5.41, 5.74) is 1.17. The second kappa shape index (κ2) is 5.51. The fraction of sp³-hybridized carbons (Fsp3) is 0.533. The number of carbonyl (C=O) groups excluding carboxylic acids is 1. The van der Waals surface area contributed by atoms with Crippen molar-refractivity contribution < 1.29 is 4.79 Å². The Balaban J connectivity index is 1.53. The number of benzene rings is 1. The Morgan fingerprint density at radius 1 is 1.16 bits per heavy atom. The first kappa shape index (κ1) is 12.9. The van der Waals surface area contributed by atoms with Crippen LogP contribution in [0.5, 0.6) is 0 Å². The predicted octanol–water partition coefficient (Wildman–Crippen LogP) is 2.39. The van der Waals surface area contributed by atoms with Gasteiger partial charge in [-0.05, 0) is 24.5 Å². The maximum Gasteiger partial charge on any atom is 0.225 e. The number of amides is 1. The summed E-state index contributed by atoms with van der Waals surface area (Å²) in [6.07, 6.45) is 2.19. The molecule has 0 bridgehead atoms. The maximum absolute atomic E-state index is 12.0. The number of carbonyl (C=O) groups is 1. The molecular weight excluding hydrogens is 260 g/mol. The quantitative estimate of drug-likeness (QED) is 0.848. The Morgan fingerprint density at radius 2 is 1.84 bits per heavy atom. The molecule has 1 aromatic rings. The van der Waals surface area contributed by atoms with E-state index in [4.69, 9.17) is 11.6 Å². The smallest absolute Gasteiger partial charge is 0.225 e. The second-order valence-electron chi connectivity index (χ2n) is 5.47. The molecule has 0 N–H and O–H groups in total. The minimum atomic E-state index is 0.343. The summed E-state index contributed by atoms with van der Waals surface area (Å²) >= 11 is 6.18. The molecule has 1 heterocycles. The first-order valence-electron chi connectivity index (χ1n) is 6.98.